The van der Waals surface area contributed by atoms with Crippen LogP contribution < -0.4 is 10.5 Å². The molecule has 20 heavy (non-hydrogen) atoms. The van der Waals surface area contributed by atoms with Crippen LogP contribution in [0, 0.1) is 0 Å². The molecule has 0 spiro atoms. The first-order chi connectivity index (χ1) is 9.25. The highest BCUT2D eigenvalue weighted by atomic mass is 16.5. The summed E-state index contributed by atoms with van der Waals surface area (Å²) in [5.41, 5.74) is 8.15. The number of phenolic OH excluding ortho intramolecular Hbond substituents is 1. The zero-order chi connectivity index (χ0) is 15.1. The molecule has 5 nitrogen and oxygen atoms in total. The zero-order valence-electron chi connectivity index (χ0n) is 12.6. The molecule has 0 saturated heterocycles. The third kappa shape index (κ3) is 2.31. The Bertz CT molecular complexity index is 639. The molecule has 0 amide bonds. The van der Waals surface area contributed by atoms with Crippen LogP contribution in [-0.2, 0) is 12.5 Å². The van der Waals surface area contributed by atoms with Gasteiger partial charge >= 0.3 is 0 Å². The van der Waals surface area contributed by atoms with E-state index < -0.39 is 0 Å². The lowest BCUT2D eigenvalue weighted by Gasteiger charge is -2.22. The molecule has 2 rings (SSSR count). The third-order valence-electron chi connectivity index (χ3n) is 3.40. The Kier molecular flexibility index (Phi) is 3.38. The van der Waals surface area contributed by atoms with Crippen LogP contribution in [0.5, 0.6) is 11.5 Å². The molecular formula is C15H21N3O2. The fourth-order valence-electron chi connectivity index (χ4n) is 2.20. The second-order valence-electron chi connectivity index (χ2n) is 5.89. The first-order valence-electron chi connectivity index (χ1n) is 6.45. The molecule has 0 aliphatic heterocycles. The Hall–Kier alpha value is -2.17. The van der Waals surface area contributed by atoms with E-state index in [-0.39, 0.29) is 11.2 Å². The standard InChI is InChI=1S/C15H21N3O2/c1-15(2,3)11-7-13(20-5)9(6-12(11)19)10-8-17-18(4)14(10)16/h6-8,19H,16H2,1-5H3. The SMILES string of the molecule is COc1cc(C(C)(C)C)c(O)cc1-c1cnn(C)c1N. The molecule has 2 aromatic rings. The van der Waals surface area contributed by atoms with Crippen LogP contribution in [0.3, 0.4) is 0 Å². The Morgan fingerprint density at radius 3 is 2.35 bits per heavy atom. The summed E-state index contributed by atoms with van der Waals surface area (Å²) in [4.78, 5) is 0. The number of anilines is 1. The quantitative estimate of drug-likeness (QED) is 0.883. The number of aromatic hydroxyl groups is 1. The Labute approximate surface area is 119 Å². The minimum Gasteiger partial charge on any atom is -0.508 e. The Morgan fingerprint density at radius 1 is 1.25 bits per heavy atom. The van der Waals surface area contributed by atoms with Gasteiger partial charge in [-0.05, 0) is 17.5 Å². The van der Waals surface area contributed by atoms with Gasteiger partial charge in [0.25, 0.3) is 0 Å². The Balaban J connectivity index is 2.67. The highest BCUT2D eigenvalue weighted by Gasteiger charge is 2.22. The molecule has 0 atom stereocenters. The van der Waals surface area contributed by atoms with Gasteiger partial charge in [0, 0.05) is 23.7 Å². The van der Waals surface area contributed by atoms with Crippen molar-refractivity contribution < 1.29 is 9.84 Å². The van der Waals surface area contributed by atoms with Gasteiger partial charge in [-0.3, -0.25) is 4.68 Å². The second-order valence-corrected chi connectivity index (χ2v) is 5.89. The smallest absolute Gasteiger partial charge is 0.129 e. The van der Waals surface area contributed by atoms with Crippen molar-refractivity contribution in [3.63, 3.8) is 0 Å². The van der Waals surface area contributed by atoms with E-state index in [0.29, 0.717) is 11.6 Å². The van der Waals surface area contributed by atoms with Gasteiger partial charge in [-0.2, -0.15) is 5.10 Å². The summed E-state index contributed by atoms with van der Waals surface area (Å²) in [5.74, 6) is 1.44. The number of hydrogen-bond acceptors (Lipinski definition) is 4. The number of aryl methyl sites for hydroxylation is 1. The summed E-state index contributed by atoms with van der Waals surface area (Å²) in [6.07, 6.45) is 1.67. The van der Waals surface area contributed by atoms with E-state index in [1.807, 2.05) is 26.8 Å². The minimum absolute atomic E-state index is 0.170. The zero-order valence-corrected chi connectivity index (χ0v) is 12.6. The fourth-order valence-corrected chi connectivity index (χ4v) is 2.20. The van der Waals surface area contributed by atoms with Crippen LogP contribution >= 0.6 is 0 Å². The summed E-state index contributed by atoms with van der Waals surface area (Å²) in [7, 11) is 3.38. The average Bonchev–Trinajstić information content (AvgIpc) is 2.68. The third-order valence-corrected chi connectivity index (χ3v) is 3.40. The predicted molar refractivity (Wildman–Crippen MR) is 80.0 cm³/mol. The van der Waals surface area contributed by atoms with E-state index in [1.54, 1.807) is 31.1 Å². The molecule has 0 aliphatic carbocycles. The van der Waals surface area contributed by atoms with E-state index in [2.05, 4.69) is 5.10 Å². The van der Waals surface area contributed by atoms with Crippen molar-refractivity contribution in [3.05, 3.63) is 23.9 Å². The number of nitrogens with zero attached hydrogens (tertiary/aromatic N) is 2. The normalized spacial score (nSPS) is 11.7. The van der Waals surface area contributed by atoms with E-state index in [9.17, 15) is 5.11 Å². The first-order valence-corrected chi connectivity index (χ1v) is 6.45. The number of methoxy groups -OCH3 is 1. The van der Waals surface area contributed by atoms with Crippen LogP contribution in [0.4, 0.5) is 5.82 Å². The molecule has 0 aliphatic rings. The molecule has 3 N–H and O–H groups in total. The lowest BCUT2D eigenvalue weighted by molar-refractivity contribution is 0.407. The van der Waals surface area contributed by atoms with Gasteiger partial charge in [0.15, 0.2) is 0 Å². The van der Waals surface area contributed by atoms with Crippen LogP contribution in [0.2, 0.25) is 0 Å². The van der Waals surface area contributed by atoms with Gasteiger partial charge in [0.1, 0.15) is 17.3 Å². The number of benzene rings is 1. The van der Waals surface area contributed by atoms with E-state index in [1.165, 1.54) is 0 Å². The molecule has 1 aromatic heterocycles. The summed E-state index contributed by atoms with van der Waals surface area (Å²) in [5, 5.41) is 14.4. The number of aromatic nitrogens is 2. The summed E-state index contributed by atoms with van der Waals surface area (Å²) >= 11 is 0. The second kappa shape index (κ2) is 4.74. The maximum Gasteiger partial charge on any atom is 0.129 e. The molecule has 0 bridgehead atoms. The minimum atomic E-state index is -0.170. The van der Waals surface area contributed by atoms with E-state index in [4.69, 9.17) is 10.5 Å². The largest absolute Gasteiger partial charge is 0.508 e. The van der Waals surface area contributed by atoms with Gasteiger partial charge in [0.2, 0.25) is 0 Å². The number of hydrogen-bond donors (Lipinski definition) is 2. The van der Waals surface area contributed by atoms with Gasteiger partial charge in [-0.25, -0.2) is 0 Å². The van der Waals surface area contributed by atoms with Crippen molar-refractivity contribution in [3.8, 4) is 22.6 Å². The molecule has 0 saturated carbocycles. The first kappa shape index (κ1) is 14.2. The summed E-state index contributed by atoms with van der Waals surface area (Å²) in [6.45, 7) is 6.12. The number of nitrogens with two attached hydrogens (primary N) is 1. The molecule has 0 unspecified atom stereocenters. The molecule has 5 heteroatoms. The van der Waals surface area contributed by atoms with Crippen molar-refractivity contribution in [2.24, 2.45) is 7.05 Å². The van der Waals surface area contributed by atoms with Gasteiger partial charge in [-0.15, -0.1) is 0 Å². The number of nitrogen functional groups attached to an aromatic ring is 1. The highest BCUT2D eigenvalue weighted by molar-refractivity contribution is 5.80. The molecule has 0 fully saturated rings. The van der Waals surface area contributed by atoms with E-state index in [0.717, 1.165) is 16.7 Å². The topological polar surface area (TPSA) is 73.3 Å². The van der Waals surface area contributed by atoms with Gasteiger partial charge in [0.05, 0.1) is 13.3 Å². The van der Waals surface area contributed by atoms with Crippen molar-refractivity contribution in [2.75, 3.05) is 12.8 Å². The van der Waals surface area contributed by atoms with Gasteiger partial charge < -0.3 is 15.6 Å². The lowest BCUT2D eigenvalue weighted by Crippen LogP contribution is -2.11. The number of ether oxygens (including phenoxy) is 1. The average molecular weight is 275 g/mol. The summed E-state index contributed by atoms with van der Waals surface area (Å²) in [6, 6.07) is 3.55. The van der Waals surface area contributed by atoms with Crippen molar-refractivity contribution >= 4 is 5.82 Å². The van der Waals surface area contributed by atoms with Crippen LogP contribution in [0.25, 0.3) is 11.1 Å². The maximum absolute atomic E-state index is 10.3. The predicted octanol–water partition coefficient (Wildman–Crippen LogP) is 2.68. The van der Waals surface area contributed by atoms with Crippen molar-refractivity contribution in [1.82, 2.24) is 9.78 Å². The van der Waals surface area contributed by atoms with Crippen molar-refractivity contribution in [1.29, 1.82) is 0 Å². The summed E-state index contributed by atoms with van der Waals surface area (Å²) < 4.78 is 7.04. The highest BCUT2D eigenvalue weighted by Crippen LogP contribution is 2.41. The fraction of sp³-hybridized carbons (Fsp3) is 0.400. The monoisotopic (exact) mass is 275 g/mol. The van der Waals surface area contributed by atoms with Crippen LogP contribution in [0.1, 0.15) is 26.3 Å². The van der Waals surface area contributed by atoms with Crippen LogP contribution in [0.15, 0.2) is 18.3 Å². The molecular weight excluding hydrogens is 254 g/mol. The molecule has 108 valence electrons. The van der Waals surface area contributed by atoms with Crippen LogP contribution in [-0.4, -0.2) is 22.0 Å². The number of phenols is 1. The Morgan fingerprint density at radius 2 is 1.90 bits per heavy atom. The van der Waals surface area contributed by atoms with Crippen molar-refractivity contribution in [2.45, 2.75) is 26.2 Å². The van der Waals surface area contributed by atoms with E-state index >= 15 is 0 Å². The molecule has 1 aromatic carbocycles. The molecule has 0 radical (unpaired) electrons. The lowest BCUT2D eigenvalue weighted by atomic mass is 9.85. The maximum atomic E-state index is 10.3. The molecule has 1 heterocycles. The number of rotatable bonds is 2. The van der Waals surface area contributed by atoms with Gasteiger partial charge in [-0.1, -0.05) is 20.8 Å².